The van der Waals surface area contributed by atoms with Gasteiger partial charge in [-0.3, -0.25) is 14.3 Å². The van der Waals surface area contributed by atoms with Crippen molar-refractivity contribution >= 4 is 17.5 Å². The first-order valence-electron chi connectivity index (χ1n) is 13.3. The largest absolute Gasteiger partial charge is 0.494 e. The van der Waals surface area contributed by atoms with Crippen LogP contribution >= 0.6 is 0 Å². The van der Waals surface area contributed by atoms with Crippen molar-refractivity contribution in [1.29, 1.82) is 0 Å². The number of aromatic nitrogens is 2. The molecule has 1 aliphatic heterocycles. The van der Waals surface area contributed by atoms with E-state index in [1.165, 1.54) is 0 Å². The van der Waals surface area contributed by atoms with Crippen LogP contribution in [0.25, 0.3) is 0 Å². The van der Waals surface area contributed by atoms with Gasteiger partial charge < -0.3 is 25.4 Å². The molecule has 4 rings (SSSR count). The number of benzene rings is 2. The Kier molecular flexibility index (Phi) is 9.51. The molecular formula is C29H37N5O4. The Labute approximate surface area is 223 Å². The number of ether oxygens (including phenoxy) is 1. The van der Waals surface area contributed by atoms with Crippen molar-refractivity contribution in [1.82, 2.24) is 20.4 Å². The van der Waals surface area contributed by atoms with Crippen LogP contribution in [0.1, 0.15) is 48.2 Å². The minimum absolute atomic E-state index is 0.0398. The smallest absolute Gasteiger partial charge is 0.251 e. The number of anilines is 1. The topological polar surface area (TPSA) is 109 Å². The molecule has 3 N–H and O–H groups in total. The van der Waals surface area contributed by atoms with Crippen LogP contribution in [-0.4, -0.2) is 58.5 Å². The molecule has 2 amide bonds. The minimum Gasteiger partial charge on any atom is -0.494 e. The first-order chi connectivity index (χ1) is 18.5. The number of aliphatic hydroxyl groups excluding tert-OH is 1. The Hall–Kier alpha value is -3.69. The van der Waals surface area contributed by atoms with Crippen LogP contribution < -0.4 is 20.3 Å². The summed E-state index contributed by atoms with van der Waals surface area (Å²) in [5, 5.41) is 21.7. The number of nitrogens with one attached hydrogen (secondary N) is 2. The van der Waals surface area contributed by atoms with Crippen molar-refractivity contribution in [2.75, 3.05) is 24.6 Å². The van der Waals surface area contributed by atoms with E-state index in [1.54, 1.807) is 29.3 Å². The summed E-state index contributed by atoms with van der Waals surface area (Å²) in [6, 6.07) is 14.4. The number of amides is 2. The quantitative estimate of drug-likeness (QED) is 0.321. The average Bonchev–Trinajstić information content (AvgIpc) is 3.57. The van der Waals surface area contributed by atoms with E-state index in [-0.39, 0.29) is 11.8 Å². The lowest BCUT2D eigenvalue weighted by atomic mass is 10.00. The summed E-state index contributed by atoms with van der Waals surface area (Å²) in [5.41, 5.74) is 3.07. The summed E-state index contributed by atoms with van der Waals surface area (Å²) < 4.78 is 7.55. The van der Waals surface area contributed by atoms with Crippen molar-refractivity contribution in [2.45, 2.75) is 58.3 Å². The first kappa shape index (κ1) is 27.3. The third-order valence-corrected chi connectivity index (χ3v) is 6.62. The van der Waals surface area contributed by atoms with Gasteiger partial charge in [-0.1, -0.05) is 30.3 Å². The van der Waals surface area contributed by atoms with Gasteiger partial charge in [0.05, 0.1) is 24.9 Å². The summed E-state index contributed by atoms with van der Waals surface area (Å²) in [7, 11) is 0. The van der Waals surface area contributed by atoms with Crippen LogP contribution in [0.2, 0.25) is 0 Å². The van der Waals surface area contributed by atoms with Crippen molar-refractivity contribution in [3.8, 4) is 5.75 Å². The van der Waals surface area contributed by atoms with Gasteiger partial charge in [0.25, 0.3) is 5.91 Å². The molecule has 0 saturated carbocycles. The second-order valence-electron chi connectivity index (χ2n) is 9.47. The number of carbonyl (C=O) groups is 2. The number of aryl methyl sites for hydroxylation is 1. The Bertz CT molecular complexity index is 1210. The molecule has 0 spiro atoms. The van der Waals surface area contributed by atoms with Crippen LogP contribution in [0.5, 0.6) is 5.75 Å². The molecule has 3 aromatic rings. The summed E-state index contributed by atoms with van der Waals surface area (Å²) in [5.74, 6) is 0.242. The van der Waals surface area contributed by atoms with E-state index in [4.69, 9.17) is 4.74 Å². The number of rotatable bonds is 13. The predicted octanol–water partition coefficient (Wildman–Crippen LogP) is 2.92. The van der Waals surface area contributed by atoms with Gasteiger partial charge in [0, 0.05) is 61.7 Å². The van der Waals surface area contributed by atoms with Gasteiger partial charge in [-0.05, 0) is 44.4 Å². The van der Waals surface area contributed by atoms with Gasteiger partial charge in [0.2, 0.25) is 5.91 Å². The Morgan fingerprint density at radius 1 is 1.16 bits per heavy atom. The molecule has 2 heterocycles. The summed E-state index contributed by atoms with van der Waals surface area (Å²) in [6.45, 7) is 6.62. The fraction of sp³-hybridized carbons (Fsp3) is 0.414. The maximum absolute atomic E-state index is 13.5. The Morgan fingerprint density at radius 2 is 1.97 bits per heavy atom. The van der Waals surface area contributed by atoms with Crippen LogP contribution in [0, 0.1) is 0 Å². The van der Waals surface area contributed by atoms with E-state index >= 15 is 0 Å². The van der Waals surface area contributed by atoms with E-state index in [1.807, 2.05) is 55.1 Å². The first-order valence-corrected chi connectivity index (χ1v) is 13.3. The average molecular weight is 520 g/mol. The molecule has 0 unspecified atom stereocenters. The molecule has 2 aromatic carbocycles. The molecule has 1 fully saturated rings. The van der Waals surface area contributed by atoms with Crippen molar-refractivity contribution < 1.29 is 19.4 Å². The maximum atomic E-state index is 13.5. The number of nitrogens with zero attached hydrogens (tertiary/aromatic N) is 3. The fourth-order valence-electron chi connectivity index (χ4n) is 4.62. The fourth-order valence-corrected chi connectivity index (χ4v) is 4.62. The SMILES string of the molecule is CCOc1cc(C(=O)N[C@@H](Cc2ccccc2)[C@@H](O)CNCc2cnn(CC)c2)cc(N2CCCC2=O)c1. The lowest BCUT2D eigenvalue weighted by Gasteiger charge is -2.25. The molecule has 38 heavy (non-hydrogen) atoms. The Morgan fingerprint density at radius 3 is 2.66 bits per heavy atom. The normalized spacial score (nSPS) is 14.9. The van der Waals surface area contributed by atoms with E-state index < -0.39 is 12.1 Å². The highest BCUT2D eigenvalue weighted by Crippen LogP contribution is 2.28. The van der Waals surface area contributed by atoms with Gasteiger partial charge in [-0.2, -0.15) is 5.10 Å². The lowest BCUT2D eigenvalue weighted by molar-refractivity contribution is -0.117. The van der Waals surface area contributed by atoms with Crippen molar-refractivity contribution in [3.05, 3.63) is 77.6 Å². The zero-order valence-electron chi connectivity index (χ0n) is 22.1. The van der Waals surface area contributed by atoms with Gasteiger partial charge in [-0.15, -0.1) is 0 Å². The van der Waals surface area contributed by atoms with Gasteiger partial charge in [0.1, 0.15) is 5.75 Å². The molecule has 1 saturated heterocycles. The second kappa shape index (κ2) is 13.2. The van der Waals surface area contributed by atoms with E-state index in [0.29, 0.717) is 56.1 Å². The number of hydrogen-bond acceptors (Lipinski definition) is 6. The molecule has 2 atom stereocenters. The molecule has 0 bridgehead atoms. The third kappa shape index (κ3) is 7.20. The van der Waals surface area contributed by atoms with Gasteiger partial charge in [0.15, 0.2) is 0 Å². The number of aliphatic hydroxyl groups is 1. The van der Waals surface area contributed by atoms with Crippen molar-refractivity contribution in [2.24, 2.45) is 0 Å². The van der Waals surface area contributed by atoms with Gasteiger partial charge >= 0.3 is 0 Å². The molecule has 0 aliphatic carbocycles. The highest BCUT2D eigenvalue weighted by atomic mass is 16.5. The second-order valence-corrected chi connectivity index (χ2v) is 9.47. The van der Waals surface area contributed by atoms with E-state index in [9.17, 15) is 14.7 Å². The van der Waals surface area contributed by atoms with Gasteiger partial charge in [-0.25, -0.2) is 0 Å². The number of carbonyl (C=O) groups excluding carboxylic acids is 2. The molecule has 1 aliphatic rings. The predicted molar refractivity (Wildman–Crippen MR) is 146 cm³/mol. The monoisotopic (exact) mass is 519 g/mol. The standard InChI is InChI=1S/C29H37N5O4/c1-3-33-20-22(18-31-33)17-30-19-27(35)26(13-21-9-6-5-7-10-21)32-29(37)23-14-24(16-25(15-23)38-4-2)34-12-8-11-28(34)36/h5-7,9-10,14-16,18,20,26-27,30,35H,3-4,8,11-13,17,19H2,1-2H3,(H,32,37)/t26-,27-/m0/s1. The van der Waals surface area contributed by atoms with Crippen LogP contribution in [0.4, 0.5) is 5.69 Å². The summed E-state index contributed by atoms with van der Waals surface area (Å²) in [4.78, 5) is 27.5. The molecular weight excluding hydrogens is 482 g/mol. The third-order valence-electron chi connectivity index (χ3n) is 6.62. The summed E-state index contributed by atoms with van der Waals surface area (Å²) in [6.07, 6.45) is 4.69. The number of hydrogen-bond donors (Lipinski definition) is 3. The minimum atomic E-state index is -0.838. The maximum Gasteiger partial charge on any atom is 0.251 e. The van der Waals surface area contributed by atoms with Crippen LogP contribution in [0.15, 0.2) is 60.9 Å². The zero-order chi connectivity index (χ0) is 26.9. The van der Waals surface area contributed by atoms with E-state index in [2.05, 4.69) is 15.7 Å². The molecule has 202 valence electrons. The Balaban J connectivity index is 1.49. The lowest BCUT2D eigenvalue weighted by Crippen LogP contribution is -2.48. The molecule has 9 nitrogen and oxygen atoms in total. The van der Waals surface area contributed by atoms with E-state index in [0.717, 1.165) is 24.1 Å². The van der Waals surface area contributed by atoms with Crippen molar-refractivity contribution in [3.63, 3.8) is 0 Å². The van der Waals surface area contributed by atoms with Crippen LogP contribution in [-0.2, 0) is 24.3 Å². The highest BCUT2D eigenvalue weighted by molar-refractivity contribution is 5.99. The molecule has 1 aromatic heterocycles. The van der Waals surface area contributed by atoms with Crippen LogP contribution in [0.3, 0.4) is 0 Å². The highest BCUT2D eigenvalue weighted by Gasteiger charge is 2.26. The zero-order valence-corrected chi connectivity index (χ0v) is 22.1. The molecule has 0 radical (unpaired) electrons. The molecule has 9 heteroatoms. The summed E-state index contributed by atoms with van der Waals surface area (Å²) >= 11 is 0.